The summed E-state index contributed by atoms with van der Waals surface area (Å²) in [6.07, 6.45) is 17.7. The first kappa shape index (κ1) is 19.1. The van der Waals surface area contributed by atoms with Gasteiger partial charge < -0.3 is 4.74 Å². The van der Waals surface area contributed by atoms with Gasteiger partial charge in [0.1, 0.15) is 5.75 Å². The Bertz CT molecular complexity index is 633. The van der Waals surface area contributed by atoms with Gasteiger partial charge in [0.05, 0.1) is 6.61 Å². The Balaban J connectivity index is 1.33. The number of aryl methyl sites for hydroxylation is 1. The summed E-state index contributed by atoms with van der Waals surface area (Å²) >= 11 is 0. The van der Waals surface area contributed by atoms with Crippen LogP contribution in [0.5, 0.6) is 5.75 Å². The van der Waals surface area contributed by atoms with Crippen LogP contribution in [0.4, 0.5) is 0 Å². The quantitative estimate of drug-likeness (QED) is 0.493. The first-order valence-corrected chi connectivity index (χ1v) is 11.6. The summed E-state index contributed by atoms with van der Waals surface area (Å²) in [7, 11) is 0. The molecule has 0 aliphatic heterocycles. The lowest BCUT2D eigenvalue weighted by molar-refractivity contribution is 0.0699. The number of allylic oxidation sites excluding steroid dienone is 1. The van der Waals surface area contributed by atoms with Gasteiger partial charge in [-0.3, -0.25) is 0 Å². The molecule has 148 valence electrons. The van der Waals surface area contributed by atoms with Crippen molar-refractivity contribution in [2.45, 2.75) is 77.6 Å². The molecule has 3 aliphatic rings. The van der Waals surface area contributed by atoms with Crippen LogP contribution in [0.25, 0.3) is 0 Å². The number of ether oxygens (including phenoxy) is 1. The summed E-state index contributed by atoms with van der Waals surface area (Å²) in [6.45, 7) is 6.74. The zero-order chi connectivity index (χ0) is 18.6. The fraction of sp³-hybridized carbons (Fsp3) is 0.692. The molecular formula is C26H38O. The molecular weight excluding hydrogens is 328 g/mol. The Labute approximate surface area is 166 Å². The molecule has 0 spiro atoms. The van der Waals surface area contributed by atoms with E-state index in [2.05, 4.69) is 37.8 Å². The van der Waals surface area contributed by atoms with E-state index in [0.29, 0.717) is 0 Å². The van der Waals surface area contributed by atoms with E-state index in [9.17, 15) is 0 Å². The fourth-order valence-corrected chi connectivity index (χ4v) is 6.48. The minimum absolute atomic E-state index is 0.764. The molecule has 5 atom stereocenters. The molecule has 3 aliphatic carbocycles. The third-order valence-electron chi connectivity index (χ3n) is 7.96. The van der Waals surface area contributed by atoms with Crippen LogP contribution >= 0.6 is 0 Å². The van der Waals surface area contributed by atoms with Gasteiger partial charge in [0, 0.05) is 0 Å². The van der Waals surface area contributed by atoms with Gasteiger partial charge in [-0.15, -0.1) is 6.58 Å². The van der Waals surface area contributed by atoms with E-state index in [-0.39, 0.29) is 0 Å². The van der Waals surface area contributed by atoms with Gasteiger partial charge in [0.15, 0.2) is 0 Å². The van der Waals surface area contributed by atoms with Crippen LogP contribution in [-0.4, -0.2) is 6.61 Å². The predicted octanol–water partition coefficient (Wildman–Crippen LogP) is 6.99. The van der Waals surface area contributed by atoms with Gasteiger partial charge in [-0.05, 0) is 124 Å². The van der Waals surface area contributed by atoms with Gasteiger partial charge in [0.2, 0.25) is 0 Å². The molecule has 5 unspecified atom stereocenters. The predicted molar refractivity (Wildman–Crippen MR) is 114 cm³/mol. The highest BCUT2D eigenvalue weighted by Crippen LogP contribution is 2.49. The zero-order valence-corrected chi connectivity index (χ0v) is 17.3. The Hall–Kier alpha value is -1.24. The largest absolute Gasteiger partial charge is 0.494 e. The summed E-state index contributed by atoms with van der Waals surface area (Å²) in [6, 6.07) is 6.84. The molecule has 1 aromatic rings. The normalized spacial score (nSPS) is 33.0. The number of hydrogen-bond donors (Lipinski definition) is 0. The Morgan fingerprint density at radius 2 is 1.74 bits per heavy atom. The lowest BCUT2D eigenvalue weighted by atomic mass is 9.61. The Kier molecular flexibility index (Phi) is 6.25. The standard InChI is InChI=1S/C26H38O/c1-3-5-6-19-7-8-21-16-22(10-9-20(21)15-19)23-11-12-25-18-26(27-4-2)14-13-24(25)17-23/h3,13-14,18-23H,1,4-12,15-17H2,2H3. The average molecular weight is 367 g/mol. The molecule has 1 heteroatoms. The molecule has 1 aromatic carbocycles. The maximum atomic E-state index is 5.70. The third kappa shape index (κ3) is 4.44. The van der Waals surface area contributed by atoms with E-state index in [1.165, 1.54) is 70.6 Å². The van der Waals surface area contributed by atoms with Gasteiger partial charge in [0.25, 0.3) is 0 Å². The number of rotatable bonds is 6. The molecule has 2 saturated carbocycles. The number of benzene rings is 1. The second kappa shape index (κ2) is 8.84. The molecule has 27 heavy (non-hydrogen) atoms. The van der Waals surface area contributed by atoms with Crippen LogP contribution in [0.1, 0.15) is 75.8 Å². The van der Waals surface area contributed by atoms with Gasteiger partial charge in [-0.2, -0.15) is 0 Å². The fourth-order valence-electron chi connectivity index (χ4n) is 6.48. The smallest absolute Gasteiger partial charge is 0.119 e. The lowest BCUT2D eigenvalue weighted by Crippen LogP contribution is -2.35. The zero-order valence-electron chi connectivity index (χ0n) is 17.3. The van der Waals surface area contributed by atoms with Crippen molar-refractivity contribution in [3.05, 3.63) is 42.0 Å². The highest BCUT2D eigenvalue weighted by atomic mass is 16.5. The van der Waals surface area contributed by atoms with Crippen LogP contribution in [-0.2, 0) is 12.8 Å². The maximum absolute atomic E-state index is 5.70. The molecule has 0 bridgehead atoms. The summed E-state index contributed by atoms with van der Waals surface area (Å²) in [4.78, 5) is 0. The van der Waals surface area contributed by atoms with Crippen molar-refractivity contribution in [1.29, 1.82) is 0 Å². The van der Waals surface area contributed by atoms with Crippen LogP contribution in [0.2, 0.25) is 0 Å². The van der Waals surface area contributed by atoms with E-state index in [0.717, 1.165) is 41.9 Å². The molecule has 0 amide bonds. The first-order valence-electron chi connectivity index (χ1n) is 11.6. The SMILES string of the molecule is C=CCCC1CCC2CC(C3CCc4cc(OCC)ccc4C3)CCC2C1. The average Bonchev–Trinajstić information content (AvgIpc) is 2.71. The highest BCUT2D eigenvalue weighted by molar-refractivity contribution is 5.37. The van der Waals surface area contributed by atoms with Crippen molar-refractivity contribution in [2.24, 2.45) is 29.6 Å². The van der Waals surface area contributed by atoms with Crippen molar-refractivity contribution in [3.63, 3.8) is 0 Å². The molecule has 1 nitrogen and oxygen atoms in total. The van der Waals surface area contributed by atoms with Crippen molar-refractivity contribution in [1.82, 2.24) is 0 Å². The monoisotopic (exact) mass is 366 g/mol. The Morgan fingerprint density at radius 1 is 0.963 bits per heavy atom. The second-order valence-corrected chi connectivity index (χ2v) is 9.50. The highest BCUT2D eigenvalue weighted by Gasteiger charge is 2.38. The molecule has 0 aromatic heterocycles. The molecule has 2 fully saturated rings. The molecule has 0 N–H and O–H groups in total. The van der Waals surface area contributed by atoms with Gasteiger partial charge >= 0.3 is 0 Å². The van der Waals surface area contributed by atoms with Crippen LogP contribution in [0.15, 0.2) is 30.9 Å². The van der Waals surface area contributed by atoms with E-state index < -0.39 is 0 Å². The van der Waals surface area contributed by atoms with Crippen molar-refractivity contribution in [3.8, 4) is 5.75 Å². The minimum atomic E-state index is 0.764. The van der Waals surface area contributed by atoms with E-state index in [1.54, 1.807) is 11.1 Å². The Morgan fingerprint density at radius 3 is 2.56 bits per heavy atom. The summed E-state index contributed by atoms with van der Waals surface area (Å²) in [5.41, 5.74) is 3.15. The second-order valence-electron chi connectivity index (χ2n) is 9.50. The van der Waals surface area contributed by atoms with E-state index in [1.807, 2.05) is 0 Å². The topological polar surface area (TPSA) is 9.23 Å². The van der Waals surface area contributed by atoms with Crippen molar-refractivity contribution in [2.75, 3.05) is 6.61 Å². The van der Waals surface area contributed by atoms with Crippen molar-refractivity contribution >= 4 is 0 Å². The molecule has 0 saturated heterocycles. The summed E-state index contributed by atoms with van der Waals surface area (Å²) < 4.78 is 5.70. The summed E-state index contributed by atoms with van der Waals surface area (Å²) in [5.74, 6) is 6.02. The van der Waals surface area contributed by atoms with E-state index >= 15 is 0 Å². The van der Waals surface area contributed by atoms with E-state index in [4.69, 9.17) is 4.74 Å². The number of fused-ring (bicyclic) bond motifs is 2. The molecule has 0 radical (unpaired) electrons. The molecule has 0 heterocycles. The maximum Gasteiger partial charge on any atom is 0.119 e. The lowest BCUT2D eigenvalue weighted by Gasteiger charge is -2.45. The molecule has 4 rings (SSSR count). The van der Waals surface area contributed by atoms with Crippen LogP contribution < -0.4 is 4.74 Å². The minimum Gasteiger partial charge on any atom is -0.494 e. The summed E-state index contributed by atoms with van der Waals surface area (Å²) in [5, 5.41) is 0. The van der Waals surface area contributed by atoms with Gasteiger partial charge in [-0.1, -0.05) is 18.6 Å². The van der Waals surface area contributed by atoms with Crippen LogP contribution in [0, 0.1) is 29.6 Å². The third-order valence-corrected chi connectivity index (χ3v) is 7.96. The van der Waals surface area contributed by atoms with Crippen LogP contribution in [0.3, 0.4) is 0 Å². The first-order chi connectivity index (χ1) is 13.3. The van der Waals surface area contributed by atoms with Crippen molar-refractivity contribution < 1.29 is 4.74 Å². The van der Waals surface area contributed by atoms with Gasteiger partial charge in [-0.25, -0.2) is 0 Å². The number of hydrogen-bond acceptors (Lipinski definition) is 1.